The van der Waals surface area contributed by atoms with Crippen molar-refractivity contribution in [2.24, 2.45) is 7.05 Å². The quantitative estimate of drug-likeness (QED) is 0.614. The topological polar surface area (TPSA) is 34.0 Å². The van der Waals surface area contributed by atoms with Crippen LogP contribution < -0.4 is 4.90 Å². The first kappa shape index (κ1) is 18.4. The van der Waals surface area contributed by atoms with Crippen molar-refractivity contribution in [1.29, 1.82) is 0 Å². The Bertz CT molecular complexity index is 894. The highest BCUT2D eigenvalue weighted by Crippen LogP contribution is 2.36. The largest absolute Gasteiger partial charge is 0.355 e. The van der Waals surface area contributed by atoms with Crippen molar-refractivity contribution in [3.05, 3.63) is 41.3 Å². The number of aromatic nitrogens is 3. The van der Waals surface area contributed by atoms with Gasteiger partial charge in [0.2, 0.25) is 0 Å². The van der Waals surface area contributed by atoms with Crippen molar-refractivity contribution in [3.8, 4) is 11.1 Å². The van der Waals surface area contributed by atoms with Crippen LogP contribution in [0, 0.1) is 20.8 Å². The van der Waals surface area contributed by atoms with E-state index in [0.29, 0.717) is 0 Å². The Hall–Kier alpha value is -2.36. The molecule has 0 fully saturated rings. The summed E-state index contributed by atoms with van der Waals surface area (Å²) in [4.78, 5) is 11.7. The minimum atomic E-state index is 1.02. The van der Waals surface area contributed by atoms with E-state index in [-0.39, 0.29) is 0 Å². The Kier molecular flexibility index (Phi) is 5.30. The molecule has 1 aromatic carbocycles. The molecule has 0 atom stereocenters. The zero-order valence-corrected chi connectivity index (χ0v) is 16.9. The van der Waals surface area contributed by atoms with Gasteiger partial charge in [-0.1, -0.05) is 31.5 Å². The molecule has 0 saturated heterocycles. The van der Waals surface area contributed by atoms with Gasteiger partial charge >= 0.3 is 0 Å². The highest BCUT2D eigenvalue weighted by atomic mass is 15.2. The minimum Gasteiger partial charge on any atom is -0.355 e. The molecule has 2 heterocycles. The highest BCUT2D eigenvalue weighted by Gasteiger charge is 2.19. The van der Waals surface area contributed by atoms with Crippen LogP contribution in [0.15, 0.2) is 24.7 Å². The molecule has 4 nitrogen and oxygen atoms in total. The number of aryl methyl sites for hydroxylation is 4. The second kappa shape index (κ2) is 7.48. The van der Waals surface area contributed by atoms with E-state index in [4.69, 9.17) is 0 Å². The maximum atomic E-state index is 4.69. The van der Waals surface area contributed by atoms with Crippen LogP contribution >= 0.6 is 0 Å². The van der Waals surface area contributed by atoms with E-state index in [1.807, 2.05) is 0 Å². The Balaban J connectivity index is 2.24. The predicted octanol–water partition coefficient (Wildman–Crippen LogP) is 5.19. The monoisotopic (exact) mass is 350 g/mol. The summed E-state index contributed by atoms with van der Waals surface area (Å²) < 4.78 is 2.19. The second-order valence-corrected chi connectivity index (χ2v) is 7.31. The molecule has 3 aromatic rings. The van der Waals surface area contributed by atoms with Crippen LogP contribution in [0.4, 0.5) is 5.82 Å². The van der Waals surface area contributed by atoms with Gasteiger partial charge in [-0.2, -0.15) is 0 Å². The molecule has 0 bridgehead atoms. The van der Waals surface area contributed by atoms with E-state index < -0.39 is 0 Å². The molecule has 26 heavy (non-hydrogen) atoms. The number of rotatable bonds is 6. The fourth-order valence-electron chi connectivity index (χ4n) is 4.09. The second-order valence-electron chi connectivity index (χ2n) is 7.31. The molecule has 0 radical (unpaired) electrons. The van der Waals surface area contributed by atoms with Gasteiger partial charge in [0.25, 0.3) is 0 Å². The van der Waals surface area contributed by atoms with Crippen molar-refractivity contribution >= 4 is 16.9 Å². The molecule has 4 heteroatoms. The third kappa shape index (κ3) is 3.20. The predicted molar refractivity (Wildman–Crippen MR) is 111 cm³/mol. The maximum absolute atomic E-state index is 4.69. The number of hydrogen-bond donors (Lipinski definition) is 0. The lowest BCUT2D eigenvalue weighted by atomic mass is 9.95. The summed E-state index contributed by atoms with van der Waals surface area (Å²) >= 11 is 0. The summed E-state index contributed by atoms with van der Waals surface area (Å²) in [6, 6.07) is 4.51. The normalized spacial score (nSPS) is 11.3. The van der Waals surface area contributed by atoms with Crippen LogP contribution in [0.25, 0.3) is 22.2 Å². The summed E-state index contributed by atoms with van der Waals surface area (Å²) in [6.45, 7) is 13.0. The summed E-state index contributed by atoms with van der Waals surface area (Å²) in [7, 11) is 2.10. The SMILES string of the molecule is CCCN(CCC)c1ncnc2c(-c3c(C)cc(C)cc3C)cn(C)c12. The van der Waals surface area contributed by atoms with Gasteiger partial charge in [-0.3, -0.25) is 0 Å². The molecule has 2 aromatic heterocycles. The first-order chi connectivity index (χ1) is 12.5. The van der Waals surface area contributed by atoms with Gasteiger partial charge in [0.15, 0.2) is 5.82 Å². The summed E-state index contributed by atoms with van der Waals surface area (Å²) in [5, 5.41) is 0. The van der Waals surface area contributed by atoms with E-state index in [2.05, 4.69) is 79.4 Å². The molecule has 0 N–H and O–H groups in total. The molecule has 0 amide bonds. The van der Waals surface area contributed by atoms with Gasteiger partial charge in [0, 0.05) is 31.9 Å². The highest BCUT2D eigenvalue weighted by molar-refractivity contribution is 5.99. The minimum absolute atomic E-state index is 1.02. The molecular formula is C22H30N4. The molecular weight excluding hydrogens is 320 g/mol. The van der Waals surface area contributed by atoms with Gasteiger partial charge in [-0.25, -0.2) is 9.97 Å². The fraction of sp³-hybridized carbons (Fsp3) is 0.455. The summed E-state index contributed by atoms with van der Waals surface area (Å²) in [5.74, 6) is 1.05. The van der Waals surface area contributed by atoms with Crippen LogP contribution in [-0.2, 0) is 7.05 Å². The molecule has 138 valence electrons. The van der Waals surface area contributed by atoms with E-state index in [9.17, 15) is 0 Å². The van der Waals surface area contributed by atoms with E-state index in [1.165, 1.54) is 27.8 Å². The van der Waals surface area contributed by atoms with Crippen LogP contribution in [0.3, 0.4) is 0 Å². The van der Waals surface area contributed by atoms with Gasteiger partial charge in [0.05, 0.1) is 0 Å². The first-order valence-electron chi connectivity index (χ1n) is 9.61. The van der Waals surface area contributed by atoms with Crippen LogP contribution in [-0.4, -0.2) is 27.6 Å². The van der Waals surface area contributed by atoms with Gasteiger partial charge in [-0.15, -0.1) is 0 Å². The van der Waals surface area contributed by atoms with Crippen LogP contribution in [0.2, 0.25) is 0 Å². The van der Waals surface area contributed by atoms with Crippen molar-refractivity contribution in [2.45, 2.75) is 47.5 Å². The molecule has 0 spiro atoms. The Morgan fingerprint density at radius 1 is 0.962 bits per heavy atom. The van der Waals surface area contributed by atoms with Crippen molar-refractivity contribution in [3.63, 3.8) is 0 Å². The smallest absolute Gasteiger partial charge is 0.156 e. The number of hydrogen-bond acceptors (Lipinski definition) is 3. The molecule has 0 unspecified atom stereocenters. The lowest BCUT2D eigenvalue weighted by Crippen LogP contribution is -2.26. The average Bonchev–Trinajstić information content (AvgIpc) is 2.91. The van der Waals surface area contributed by atoms with Crippen LogP contribution in [0.1, 0.15) is 43.4 Å². The number of anilines is 1. The van der Waals surface area contributed by atoms with Gasteiger partial charge < -0.3 is 9.47 Å². The average molecular weight is 351 g/mol. The van der Waals surface area contributed by atoms with Crippen LogP contribution in [0.5, 0.6) is 0 Å². The zero-order chi connectivity index (χ0) is 18.8. The number of fused-ring (bicyclic) bond motifs is 1. The maximum Gasteiger partial charge on any atom is 0.156 e. The Morgan fingerprint density at radius 3 is 2.15 bits per heavy atom. The standard InChI is InChI=1S/C22H30N4/c1-7-9-26(10-8-2)22-21-20(23-14-24-22)18(13-25(21)6)19-16(4)11-15(3)12-17(19)5/h11-14H,7-10H2,1-6H3. The van der Waals surface area contributed by atoms with E-state index in [1.54, 1.807) is 6.33 Å². The van der Waals surface area contributed by atoms with Crippen molar-refractivity contribution in [1.82, 2.24) is 14.5 Å². The van der Waals surface area contributed by atoms with Gasteiger partial charge in [-0.05, 0) is 50.3 Å². The molecule has 0 aliphatic carbocycles. The fourth-order valence-corrected chi connectivity index (χ4v) is 4.09. The van der Waals surface area contributed by atoms with Crippen molar-refractivity contribution in [2.75, 3.05) is 18.0 Å². The lowest BCUT2D eigenvalue weighted by molar-refractivity contribution is 0.733. The molecule has 3 rings (SSSR count). The number of benzene rings is 1. The van der Waals surface area contributed by atoms with Gasteiger partial charge in [0.1, 0.15) is 17.4 Å². The lowest BCUT2D eigenvalue weighted by Gasteiger charge is -2.23. The summed E-state index contributed by atoms with van der Waals surface area (Å²) in [5.41, 5.74) is 8.57. The van der Waals surface area contributed by atoms with Crippen molar-refractivity contribution < 1.29 is 0 Å². The third-order valence-electron chi connectivity index (χ3n) is 4.97. The molecule has 0 aliphatic rings. The molecule has 0 aliphatic heterocycles. The van der Waals surface area contributed by atoms with E-state index >= 15 is 0 Å². The zero-order valence-electron chi connectivity index (χ0n) is 16.9. The third-order valence-corrected chi connectivity index (χ3v) is 4.97. The number of nitrogens with zero attached hydrogens (tertiary/aromatic N) is 4. The Labute approximate surface area is 156 Å². The Morgan fingerprint density at radius 2 is 1.58 bits per heavy atom. The first-order valence-corrected chi connectivity index (χ1v) is 9.61. The summed E-state index contributed by atoms with van der Waals surface area (Å²) in [6.07, 6.45) is 6.15. The molecule has 0 saturated carbocycles. The van der Waals surface area contributed by atoms with E-state index in [0.717, 1.165) is 42.8 Å².